The first-order chi connectivity index (χ1) is 22.3. The van der Waals surface area contributed by atoms with Crippen molar-refractivity contribution in [2.45, 2.75) is 226 Å². The van der Waals surface area contributed by atoms with Crippen LogP contribution in [0.4, 0.5) is 0 Å². The summed E-state index contributed by atoms with van der Waals surface area (Å²) in [5.41, 5.74) is 0. The average molecular weight is 653 g/mol. The summed E-state index contributed by atoms with van der Waals surface area (Å²) in [5.74, 6) is 1.12. The van der Waals surface area contributed by atoms with Gasteiger partial charge < -0.3 is 14.6 Å². The van der Waals surface area contributed by atoms with Gasteiger partial charge in [-0.15, -0.1) is 0 Å². The molecule has 0 amide bonds. The van der Waals surface area contributed by atoms with E-state index in [2.05, 4.69) is 27.7 Å². The van der Waals surface area contributed by atoms with Crippen LogP contribution in [0.5, 0.6) is 0 Å². The van der Waals surface area contributed by atoms with Crippen LogP contribution >= 0.6 is 0 Å². The van der Waals surface area contributed by atoms with Crippen LogP contribution in [0.25, 0.3) is 0 Å². The Kier molecular flexibility index (Phi) is 34.4. The van der Waals surface area contributed by atoms with Crippen LogP contribution in [0.2, 0.25) is 0 Å². The first-order valence-corrected chi connectivity index (χ1v) is 20.3. The summed E-state index contributed by atoms with van der Waals surface area (Å²) in [6.45, 7) is 9.00. The molecule has 0 aliphatic rings. The maximum absolute atomic E-state index is 12.0. The molecule has 274 valence electrons. The summed E-state index contributed by atoms with van der Waals surface area (Å²) < 4.78 is 10.3. The summed E-state index contributed by atoms with van der Waals surface area (Å²) in [6.07, 6.45) is 36.0. The highest BCUT2D eigenvalue weighted by molar-refractivity contribution is 5.69. The lowest BCUT2D eigenvalue weighted by atomic mass is 10.0. The Morgan fingerprint density at radius 3 is 0.848 bits per heavy atom. The van der Waals surface area contributed by atoms with Gasteiger partial charge in [-0.25, -0.2) is 0 Å². The molecule has 1 atom stereocenters. The van der Waals surface area contributed by atoms with E-state index in [0.717, 1.165) is 43.9 Å². The summed E-state index contributed by atoms with van der Waals surface area (Å²) >= 11 is 0. The van der Waals surface area contributed by atoms with E-state index in [9.17, 15) is 14.7 Å². The highest BCUT2D eigenvalue weighted by Gasteiger charge is 2.12. The van der Waals surface area contributed by atoms with Gasteiger partial charge in [-0.2, -0.15) is 0 Å². The van der Waals surface area contributed by atoms with Gasteiger partial charge in [-0.1, -0.05) is 195 Å². The Labute approximate surface area is 287 Å². The molecule has 0 aliphatic carbocycles. The third-order valence-corrected chi connectivity index (χ3v) is 9.20. The lowest BCUT2D eigenvalue weighted by molar-refractivity contribution is -0.152. The molecule has 0 fully saturated rings. The number of hydrogen-bond donors (Lipinski definition) is 1. The molecular formula is C41H80O5. The van der Waals surface area contributed by atoms with E-state index in [0.29, 0.717) is 12.8 Å². The van der Waals surface area contributed by atoms with Crippen molar-refractivity contribution in [2.75, 3.05) is 13.2 Å². The first kappa shape index (κ1) is 44.9. The van der Waals surface area contributed by atoms with E-state index >= 15 is 0 Å². The van der Waals surface area contributed by atoms with Gasteiger partial charge in [0.05, 0.1) is 0 Å². The molecule has 0 aromatic carbocycles. The Balaban J connectivity index is 3.35. The van der Waals surface area contributed by atoms with Crippen LogP contribution in [-0.2, 0) is 19.1 Å². The highest BCUT2D eigenvalue weighted by Crippen LogP contribution is 2.16. The standard InChI is InChI=1S/C41H80O5/c1-37(2)31-27-23-19-15-13-11-9-7-5-6-8-10-12-14-16-21-25-29-33-40(43)45-35-39(42)36-46-41(44)34-30-26-22-18-17-20-24-28-32-38(3)4/h37-39,42H,5-36H2,1-4H3/t39-/m1/s1. The van der Waals surface area contributed by atoms with E-state index < -0.39 is 6.10 Å². The number of aliphatic hydroxyl groups is 1. The Hall–Kier alpha value is -1.10. The molecule has 46 heavy (non-hydrogen) atoms. The van der Waals surface area contributed by atoms with E-state index in [1.165, 1.54) is 148 Å². The van der Waals surface area contributed by atoms with Crippen molar-refractivity contribution in [3.8, 4) is 0 Å². The van der Waals surface area contributed by atoms with Crippen molar-refractivity contribution in [1.82, 2.24) is 0 Å². The third kappa shape index (κ3) is 37.4. The lowest BCUT2D eigenvalue weighted by Gasteiger charge is -2.12. The zero-order valence-corrected chi connectivity index (χ0v) is 31.4. The SMILES string of the molecule is CC(C)CCCCCCCCCCCCCCCCCCCCC(=O)OC[C@@H](O)COC(=O)CCCCCCCCCCC(C)C. The minimum Gasteiger partial charge on any atom is -0.463 e. The Bertz CT molecular complexity index is 647. The number of carbonyl (C=O) groups is 2. The molecule has 0 aliphatic heterocycles. The van der Waals surface area contributed by atoms with Gasteiger partial charge in [0, 0.05) is 12.8 Å². The lowest BCUT2D eigenvalue weighted by Crippen LogP contribution is -2.25. The predicted molar refractivity (Wildman–Crippen MR) is 196 cm³/mol. The molecule has 0 unspecified atom stereocenters. The van der Waals surface area contributed by atoms with Gasteiger partial charge in [0.15, 0.2) is 0 Å². The molecule has 0 radical (unpaired) electrons. The van der Waals surface area contributed by atoms with E-state index in [1.54, 1.807) is 0 Å². The van der Waals surface area contributed by atoms with Crippen LogP contribution < -0.4 is 0 Å². The molecular weight excluding hydrogens is 572 g/mol. The average Bonchev–Trinajstić information content (AvgIpc) is 3.02. The minimum atomic E-state index is -0.956. The second kappa shape index (κ2) is 35.2. The van der Waals surface area contributed by atoms with E-state index in [-0.39, 0.29) is 25.2 Å². The number of carbonyl (C=O) groups excluding carboxylic acids is 2. The predicted octanol–water partition coefficient (Wildman–Crippen LogP) is 12.4. The molecule has 0 bridgehead atoms. The van der Waals surface area contributed by atoms with Crippen molar-refractivity contribution in [3.63, 3.8) is 0 Å². The van der Waals surface area contributed by atoms with Crippen molar-refractivity contribution in [2.24, 2.45) is 11.8 Å². The number of rotatable bonds is 36. The molecule has 0 saturated heterocycles. The topological polar surface area (TPSA) is 72.8 Å². The molecule has 0 spiro atoms. The van der Waals surface area contributed by atoms with Crippen molar-refractivity contribution in [3.05, 3.63) is 0 Å². The van der Waals surface area contributed by atoms with Gasteiger partial charge in [0.1, 0.15) is 19.3 Å². The summed E-state index contributed by atoms with van der Waals surface area (Å²) in [7, 11) is 0. The number of ether oxygens (including phenoxy) is 2. The van der Waals surface area contributed by atoms with Crippen LogP contribution in [0, 0.1) is 11.8 Å². The second-order valence-corrected chi connectivity index (χ2v) is 15.1. The van der Waals surface area contributed by atoms with Crippen LogP contribution in [0.1, 0.15) is 220 Å². The smallest absolute Gasteiger partial charge is 0.305 e. The maximum Gasteiger partial charge on any atom is 0.305 e. The molecule has 0 rings (SSSR count). The Morgan fingerprint density at radius 2 is 0.609 bits per heavy atom. The molecule has 5 nitrogen and oxygen atoms in total. The van der Waals surface area contributed by atoms with Crippen molar-refractivity contribution >= 4 is 11.9 Å². The normalized spacial score (nSPS) is 12.2. The molecule has 0 heterocycles. The summed E-state index contributed by atoms with van der Waals surface area (Å²) in [4.78, 5) is 23.9. The molecule has 5 heteroatoms. The molecule has 1 N–H and O–H groups in total. The minimum absolute atomic E-state index is 0.109. The van der Waals surface area contributed by atoms with Crippen LogP contribution in [0.3, 0.4) is 0 Å². The van der Waals surface area contributed by atoms with Crippen molar-refractivity contribution in [1.29, 1.82) is 0 Å². The second-order valence-electron chi connectivity index (χ2n) is 15.1. The molecule has 0 aromatic heterocycles. The zero-order valence-electron chi connectivity index (χ0n) is 31.4. The fourth-order valence-corrected chi connectivity index (χ4v) is 6.10. The number of aliphatic hydroxyl groups excluding tert-OH is 1. The third-order valence-electron chi connectivity index (χ3n) is 9.20. The van der Waals surface area contributed by atoms with Crippen molar-refractivity contribution < 1.29 is 24.2 Å². The zero-order chi connectivity index (χ0) is 33.9. The van der Waals surface area contributed by atoms with Gasteiger partial charge >= 0.3 is 11.9 Å². The number of esters is 2. The fourth-order valence-electron chi connectivity index (χ4n) is 6.10. The van der Waals surface area contributed by atoms with E-state index in [1.807, 2.05) is 0 Å². The largest absolute Gasteiger partial charge is 0.463 e. The highest BCUT2D eigenvalue weighted by atomic mass is 16.6. The number of hydrogen-bond acceptors (Lipinski definition) is 5. The van der Waals surface area contributed by atoms with Crippen LogP contribution in [0.15, 0.2) is 0 Å². The van der Waals surface area contributed by atoms with E-state index in [4.69, 9.17) is 9.47 Å². The van der Waals surface area contributed by atoms with Crippen LogP contribution in [-0.4, -0.2) is 36.4 Å². The maximum atomic E-state index is 12.0. The van der Waals surface area contributed by atoms with Gasteiger partial charge in [0.2, 0.25) is 0 Å². The van der Waals surface area contributed by atoms with Gasteiger partial charge in [-0.3, -0.25) is 9.59 Å². The first-order valence-electron chi connectivity index (χ1n) is 20.3. The van der Waals surface area contributed by atoms with Gasteiger partial charge in [-0.05, 0) is 24.7 Å². The summed E-state index contributed by atoms with van der Waals surface area (Å²) in [6, 6.07) is 0. The summed E-state index contributed by atoms with van der Waals surface area (Å²) in [5, 5.41) is 10.00. The fraction of sp³-hybridized carbons (Fsp3) is 0.951. The monoisotopic (exact) mass is 653 g/mol. The molecule has 0 saturated carbocycles. The quantitative estimate of drug-likeness (QED) is 0.0538. The van der Waals surface area contributed by atoms with Gasteiger partial charge in [0.25, 0.3) is 0 Å². The molecule has 0 aromatic rings. The Morgan fingerprint density at radius 1 is 0.391 bits per heavy atom. The number of unbranched alkanes of at least 4 members (excludes halogenated alkanes) is 24.